The van der Waals surface area contributed by atoms with Gasteiger partial charge in [0.2, 0.25) is 5.91 Å². The van der Waals surface area contributed by atoms with E-state index in [2.05, 4.69) is 4.98 Å². The Morgan fingerprint density at radius 3 is 2.50 bits per heavy atom. The Morgan fingerprint density at radius 2 is 1.77 bits per heavy atom. The van der Waals surface area contributed by atoms with E-state index in [-0.39, 0.29) is 24.8 Å². The molecule has 1 aliphatic rings. The summed E-state index contributed by atoms with van der Waals surface area (Å²) < 4.78 is 0.905. The molecule has 30 heavy (non-hydrogen) atoms. The molecule has 0 bridgehead atoms. The number of fused-ring (bicyclic) bond motifs is 1. The Hall–Kier alpha value is -3.68. The van der Waals surface area contributed by atoms with Crippen LogP contribution in [0, 0.1) is 0 Å². The maximum Gasteiger partial charge on any atom is 0.329 e. The van der Waals surface area contributed by atoms with Crippen molar-refractivity contribution < 1.29 is 14.7 Å². The van der Waals surface area contributed by atoms with Crippen molar-refractivity contribution in [3.05, 3.63) is 81.0 Å². The summed E-state index contributed by atoms with van der Waals surface area (Å²) in [5, 5.41) is 11.8. The van der Waals surface area contributed by atoms with Gasteiger partial charge >= 0.3 is 5.69 Å². The fourth-order valence-corrected chi connectivity index (χ4v) is 4.05. The molecule has 0 radical (unpaired) electrons. The van der Waals surface area contributed by atoms with Crippen LogP contribution in [0.25, 0.3) is 10.9 Å². The molecule has 0 aliphatic carbocycles. The largest absolute Gasteiger partial charge is 0.548 e. The Balaban J connectivity index is 1.85. The number of hydrogen-bond donors (Lipinski definition) is 1. The van der Waals surface area contributed by atoms with Crippen LogP contribution in [0.15, 0.2) is 64.2 Å². The molecular weight excluding hydrogens is 386 g/mol. The number of nitrogens with one attached hydrogen (secondary N) is 1. The third kappa shape index (κ3) is 3.52. The van der Waals surface area contributed by atoms with Crippen LogP contribution in [0.1, 0.15) is 24.4 Å². The van der Waals surface area contributed by atoms with Crippen molar-refractivity contribution in [1.29, 1.82) is 0 Å². The Morgan fingerprint density at radius 1 is 1.07 bits per heavy atom. The summed E-state index contributed by atoms with van der Waals surface area (Å²) in [6.45, 7) is 0.239. The van der Waals surface area contributed by atoms with Gasteiger partial charge in [-0.2, -0.15) is 0 Å². The molecule has 1 aromatic heterocycles. The second kappa shape index (κ2) is 7.98. The molecule has 3 aromatic rings. The fourth-order valence-electron chi connectivity index (χ4n) is 4.05. The van der Waals surface area contributed by atoms with E-state index in [0.717, 1.165) is 10.1 Å². The first-order valence-electron chi connectivity index (χ1n) is 9.76. The summed E-state index contributed by atoms with van der Waals surface area (Å²) in [6, 6.07) is 13.3. The van der Waals surface area contributed by atoms with Crippen LogP contribution in [-0.4, -0.2) is 38.9 Å². The third-order valence-corrected chi connectivity index (χ3v) is 5.51. The Labute approximate surface area is 171 Å². The Bertz CT molecular complexity index is 1210. The van der Waals surface area contributed by atoms with Crippen LogP contribution in [0.3, 0.4) is 0 Å². The molecule has 4 rings (SSSR count). The molecule has 8 nitrogen and oxygen atoms in total. The first-order valence-corrected chi connectivity index (χ1v) is 9.76. The standard InChI is InChI=1S/C22H21N3O5/c26-19-15-9-4-5-10-16(15)23-22(30)25(19)18(13-14-7-2-1-3-8-14)20(27)24-12-6-11-17(24)21(28)29/h1-5,7-10,17-18H,6,11-13H2,(H,23,30)(H,28,29)/p-1/t17-,18+/m0/s1. The lowest BCUT2D eigenvalue weighted by Crippen LogP contribution is -2.52. The van der Waals surface area contributed by atoms with Crippen molar-refractivity contribution in [3.8, 4) is 0 Å². The van der Waals surface area contributed by atoms with Gasteiger partial charge in [-0.3, -0.25) is 9.59 Å². The van der Waals surface area contributed by atoms with E-state index in [1.54, 1.807) is 48.5 Å². The quantitative estimate of drug-likeness (QED) is 0.651. The first-order chi connectivity index (χ1) is 14.5. The van der Waals surface area contributed by atoms with Gasteiger partial charge in [-0.25, -0.2) is 9.36 Å². The highest BCUT2D eigenvalue weighted by Gasteiger charge is 2.36. The van der Waals surface area contributed by atoms with Crippen LogP contribution in [0.5, 0.6) is 0 Å². The van der Waals surface area contributed by atoms with Crippen molar-refractivity contribution in [3.63, 3.8) is 0 Å². The van der Waals surface area contributed by atoms with Crippen molar-refractivity contribution >= 4 is 22.8 Å². The van der Waals surface area contributed by atoms with Crippen molar-refractivity contribution in [2.45, 2.75) is 31.3 Å². The highest BCUT2D eigenvalue weighted by atomic mass is 16.4. The lowest BCUT2D eigenvalue weighted by atomic mass is 10.0. The van der Waals surface area contributed by atoms with Crippen molar-refractivity contribution in [2.24, 2.45) is 0 Å². The van der Waals surface area contributed by atoms with Gasteiger partial charge < -0.3 is 19.8 Å². The first kappa shape index (κ1) is 19.6. The number of carboxylic acid groups (broad SMARTS) is 1. The number of benzene rings is 2. The van der Waals surface area contributed by atoms with Crippen molar-refractivity contribution in [2.75, 3.05) is 6.54 Å². The third-order valence-electron chi connectivity index (χ3n) is 5.51. The average molecular weight is 406 g/mol. The zero-order valence-electron chi connectivity index (χ0n) is 16.1. The highest BCUT2D eigenvalue weighted by molar-refractivity contribution is 5.86. The monoisotopic (exact) mass is 406 g/mol. The van der Waals surface area contributed by atoms with Crippen LogP contribution in [-0.2, 0) is 16.0 Å². The molecule has 1 amide bonds. The number of carboxylic acids is 1. The Kier molecular flexibility index (Phi) is 5.22. The summed E-state index contributed by atoms with van der Waals surface area (Å²) in [5.74, 6) is -1.91. The maximum absolute atomic E-state index is 13.4. The molecule has 2 heterocycles. The molecule has 2 aromatic carbocycles. The summed E-state index contributed by atoms with van der Waals surface area (Å²) in [7, 11) is 0. The zero-order valence-corrected chi connectivity index (χ0v) is 16.1. The predicted octanol–water partition coefficient (Wildman–Crippen LogP) is 0.214. The zero-order chi connectivity index (χ0) is 21.3. The van der Waals surface area contributed by atoms with E-state index in [1.807, 2.05) is 6.07 Å². The van der Waals surface area contributed by atoms with Gasteiger partial charge in [0, 0.05) is 13.0 Å². The van der Waals surface area contributed by atoms with E-state index in [1.165, 1.54) is 4.90 Å². The number of amides is 1. The molecule has 1 N–H and O–H groups in total. The molecule has 1 saturated heterocycles. The molecule has 0 unspecified atom stereocenters. The lowest BCUT2D eigenvalue weighted by molar-refractivity contribution is -0.310. The molecule has 154 valence electrons. The van der Waals surface area contributed by atoms with E-state index in [9.17, 15) is 24.3 Å². The lowest BCUT2D eigenvalue weighted by Gasteiger charge is -2.30. The number of aromatic amines is 1. The van der Waals surface area contributed by atoms with Gasteiger partial charge in [0.1, 0.15) is 6.04 Å². The average Bonchev–Trinajstić information content (AvgIpc) is 3.23. The topological polar surface area (TPSA) is 115 Å². The SMILES string of the molecule is O=C([O-])[C@@H]1CCCN1C(=O)[C@@H](Cc1ccccc1)n1c(=O)[nH]c2ccccc2c1=O. The van der Waals surface area contributed by atoms with Crippen LogP contribution >= 0.6 is 0 Å². The molecule has 0 spiro atoms. The number of hydrogen-bond acceptors (Lipinski definition) is 5. The number of carbonyl (C=O) groups is 2. The summed E-state index contributed by atoms with van der Waals surface area (Å²) in [5.41, 5.74) is -0.173. The number of rotatable bonds is 5. The van der Waals surface area contributed by atoms with E-state index >= 15 is 0 Å². The van der Waals surface area contributed by atoms with Gasteiger partial charge in [0.15, 0.2) is 0 Å². The van der Waals surface area contributed by atoms with Gasteiger partial charge in [-0.05, 0) is 30.5 Å². The minimum absolute atomic E-state index is 0.0806. The van der Waals surface area contributed by atoms with E-state index in [0.29, 0.717) is 11.9 Å². The predicted molar refractivity (Wildman–Crippen MR) is 108 cm³/mol. The summed E-state index contributed by atoms with van der Waals surface area (Å²) >= 11 is 0. The van der Waals surface area contributed by atoms with Gasteiger partial charge in [-0.15, -0.1) is 0 Å². The second-order valence-electron chi connectivity index (χ2n) is 7.37. The van der Waals surface area contributed by atoms with Gasteiger partial charge in [0.05, 0.1) is 22.9 Å². The molecule has 1 aliphatic heterocycles. The number of aromatic nitrogens is 2. The molecule has 1 fully saturated rings. The molecular formula is C22H20N3O5-. The minimum Gasteiger partial charge on any atom is -0.548 e. The van der Waals surface area contributed by atoms with Crippen LogP contribution in [0.2, 0.25) is 0 Å². The van der Waals surface area contributed by atoms with E-state index < -0.39 is 35.2 Å². The van der Waals surface area contributed by atoms with Crippen molar-refractivity contribution in [1.82, 2.24) is 14.5 Å². The van der Waals surface area contributed by atoms with Gasteiger partial charge in [-0.1, -0.05) is 42.5 Å². The number of H-pyrrole nitrogens is 1. The highest BCUT2D eigenvalue weighted by Crippen LogP contribution is 2.23. The number of carbonyl (C=O) groups excluding carboxylic acids is 2. The molecule has 2 atom stereocenters. The smallest absolute Gasteiger partial charge is 0.329 e. The van der Waals surface area contributed by atoms with Gasteiger partial charge in [0.25, 0.3) is 5.56 Å². The van der Waals surface area contributed by atoms with E-state index in [4.69, 9.17) is 0 Å². The van der Waals surface area contributed by atoms with Crippen LogP contribution in [0.4, 0.5) is 0 Å². The fraction of sp³-hybridized carbons (Fsp3) is 0.273. The second-order valence-corrected chi connectivity index (χ2v) is 7.37. The number of likely N-dealkylation sites (tertiary alicyclic amines) is 1. The summed E-state index contributed by atoms with van der Waals surface area (Å²) in [6.07, 6.45) is 0.887. The molecule has 0 saturated carbocycles. The number of nitrogens with zero attached hydrogens (tertiary/aromatic N) is 2. The minimum atomic E-state index is -1.33. The van der Waals surface area contributed by atoms with Crippen LogP contribution < -0.4 is 16.4 Å². The molecule has 8 heteroatoms. The summed E-state index contributed by atoms with van der Waals surface area (Å²) in [4.78, 5) is 54.8. The number of aliphatic carboxylic acids is 1. The normalized spacial score (nSPS) is 17.2. The maximum atomic E-state index is 13.4. The number of para-hydroxylation sites is 1.